The van der Waals surface area contributed by atoms with Crippen LogP contribution in [-0.2, 0) is 20.7 Å². The summed E-state index contributed by atoms with van der Waals surface area (Å²) >= 11 is 0. The zero-order valence-electron chi connectivity index (χ0n) is 15.5. The number of carbonyl (C=O) groups excluding carboxylic acids is 2. The van der Waals surface area contributed by atoms with Gasteiger partial charge in [0.25, 0.3) is 0 Å². The van der Waals surface area contributed by atoms with Gasteiger partial charge in [-0.2, -0.15) is 0 Å². The van der Waals surface area contributed by atoms with E-state index in [-0.39, 0.29) is 6.61 Å². The number of amides is 1. The SMILES string of the molecule is C#CCOC(=O)NC(Cc1ccccc1)C(=O)OCCCCCCCC. The Bertz CT molecular complexity index is 565. The molecular weight excluding hydrogens is 330 g/mol. The molecule has 0 aliphatic carbocycles. The molecule has 1 unspecified atom stereocenters. The number of terminal acetylenes is 1. The van der Waals surface area contributed by atoms with Crippen molar-refractivity contribution in [3.8, 4) is 12.3 Å². The summed E-state index contributed by atoms with van der Waals surface area (Å²) in [5, 5.41) is 2.54. The predicted octanol–water partition coefficient (Wildman–Crippen LogP) is 3.86. The molecule has 1 amide bonds. The highest BCUT2D eigenvalue weighted by Crippen LogP contribution is 2.08. The van der Waals surface area contributed by atoms with Crippen LogP contribution in [0.3, 0.4) is 0 Å². The lowest BCUT2D eigenvalue weighted by atomic mass is 10.1. The lowest BCUT2D eigenvalue weighted by Crippen LogP contribution is -2.43. The first-order valence-electron chi connectivity index (χ1n) is 9.24. The van der Waals surface area contributed by atoms with Crippen LogP contribution in [0.5, 0.6) is 0 Å². The van der Waals surface area contributed by atoms with Crippen LogP contribution in [0.4, 0.5) is 4.79 Å². The molecule has 0 fully saturated rings. The molecule has 0 saturated carbocycles. The molecule has 0 heterocycles. The third kappa shape index (κ3) is 9.73. The summed E-state index contributed by atoms with van der Waals surface area (Å²) in [5.74, 6) is 1.76. The molecule has 1 atom stereocenters. The van der Waals surface area contributed by atoms with Crippen LogP contribution >= 0.6 is 0 Å². The minimum absolute atomic E-state index is 0.142. The van der Waals surface area contributed by atoms with Gasteiger partial charge in [-0.15, -0.1) is 6.42 Å². The molecule has 1 rings (SSSR count). The largest absolute Gasteiger partial charge is 0.464 e. The van der Waals surface area contributed by atoms with E-state index in [9.17, 15) is 9.59 Å². The Morgan fingerprint density at radius 1 is 1.08 bits per heavy atom. The third-order valence-electron chi connectivity index (χ3n) is 3.89. The maximum Gasteiger partial charge on any atom is 0.408 e. The number of carbonyl (C=O) groups is 2. The smallest absolute Gasteiger partial charge is 0.408 e. The van der Waals surface area contributed by atoms with Gasteiger partial charge in [0.2, 0.25) is 0 Å². The molecular formula is C21H29NO4. The maximum absolute atomic E-state index is 12.4. The number of unbranched alkanes of at least 4 members (excludes halogenated alkanes) is 5. The van der Waals surface area contributed by atoms with Gasteiger partial charge in [0, 0.05) is 6.42 Å². The standard InChI is InChI=1S/C21H29NO4/c1-3-5-6-7-8-12-16-25-20(23)19(22-21(24)26-15-4-2)17-18-13-10-9-11-14-18/h2,9-11,13-14,19H,3,5-8,12,15-17H2,1H3,(H,22,24). The third-order valence-corrected chi connectivity index (χ3v) is 3.89. The van der Waals surface area contributed by atoms with Crippen molar-refractivity contribution >= 4 is 12.1 Å². The van der Waals surface area contributed by atoms with E-state index in [2.05, 4.69) is 18.2 Å². The fourth-order valence-electron chi connectivity index (χ4n) is 2.49. The van der Waals surface area contributed by atoms with Crippen LogP contribution in [0.1, 0.15) is 51.0 Å². The molecule has 1 aromatic rings. The Morgan fingerprint density at radius 2 is 1.77 bits per heavy atom. The van der Waals surface area contributed by atoms with Crippen LogP contribution < -0.4 is 5.32 Å². The molecule has 0 aliphatic heterocycles. The lowest BCUT2D eigenvalue weighted by Gasteiger charge is -2.17. The molecule has 0 aromatic heterocycles. The molecule has 0 aliphatic rings. The first-order valence-corrected chi connectivity index (χ1v) is 9.24. The Hall–Kier alpha value is -2.48. The fourth-order valence-corrected chi connectivity index (χ4v) is 2.49. The van der Waals surface area contributed by atoms with Crippen molar-refractivity contribution in [3.05, 3.63) is 35.9 Å². The first kappa shape index (κ1) is 21.6. The van der Waals surface area contributed by atoms with Gasteiger partial charge in [0.1, 0.15) is 6.04 Å². The summed E-state index contributed by atoms with van der Waals surface area (Å²) in [5.41, 5.74) is 0.922. The van der Waals surface area contributed by atoms with Crippen molar-refractivity contribution in [1.29, 1.82) is 0 Å². The highest BCUT2D eigenvalue weighted by atomic mass is 16.6. The van der Waals surface area contributed by atoms with E-state index in [1.165, 1.54) is 19.3 Å². The second-order valence-electron chi connectivity index (χ2n) is 6.10. The number of hydrogen-bond acceptors (Lipinski definition) is 4. The topological polar surface area (TPSA) is 64.6 Å². The Morgan fingerprint density at radius 3 is 2.46 bits per heavy atom. The van der Waals surface area contributed by atoms with Gasteiger partial charge in [0.15, 0.2) is 6.61 Å². The summed E-state index contributed by atoms with van der Waals surface area (Å²) < 4.78 is 10.1. The van der Waals surface area contributed by atoms with Crippen LogP contribution in [0.2, 0.25) is 0 Å². The molecule has 142 valence electrons. The lowest BCUT2D eigenvalue weighted by molar-refractivity contribution is -0.146. The molecule has 26 heavy (non-hydrogen) atoms. The van der Waals surface area contributed by atoms with Crippen molar-refractivity contribution < 1.29 is 19.1 Å². The molecule has 5 heteroatoms. The number of benzene rings is 1. The van der Waals surface area contributed by atoms with Gasteiger partial charge in [-0.25, -0.2) is 9.59 Å². The van der Waals surface area contributed by atoms with Gasteiger partial charge in [-0.05, 0) is 12.0 Å². The maximum atomic E-state index is 12.4. The van der Waals surface area contributed by atoms with E-state index in [1.54, 1.807) is 0 Å². The van der Waals surface area contributed by atoms with Gasteiger partial charge < -0.3 is 14.8 Å². The Kier molecular flexibility index (Phi) is 11.4. The average Bonchev–Trinajstić information content (AvgIpc) is 2.65. The molecule has 0 saturated heterocycles. The van der Waals surface area contributed by atoms with Crippen molar-refractivity contribution in [2.45, 2.75) is 57.9 Å². The van der Waals surface area contributed by atoms with Crippen molar-refractivity contribution in [3.63, 3.8) is 0 Å². The van der Waals surface area contributed by atoms with E-state index in [1.807, 2.05) is 30.3 Å². The number of ether oxygens (including phenoxy) is 2. The normalized spacial score (nSPS) is 11.2. The van der Waals surface area contributed by atoms with Gasteiger partial charge in [-0.3, -0.25) is 0 Å². The summed E-state index contributed by atoms with van der Waals surface area (Å²) in [6.45, 7) is 2.39. The predicted molar refractivity (Wildman–Crippen MR) is 102 cm³/mol. The van der Waals surface area contributed by atoms with E-state index in [4.69, 9.17) is 15.9 Å². The summed E-state index contributed by atoms with van der Waals surface area (Å²) in [7, 11) is 0. The first-order chi connectivity index (χ1) is 12.7. The fraction of sp³-hybridized carbons (Fsp3) is 0.524. The van der Waals surface area contributed by atoms with E-state index >= 15 is 0 Å². The van der Waals surface area contributed by atoms with Crippen LogP contribution in [0.25, 0.3) is 0 Å². The minimum atomic E-state index is -0.803. The highest BCUT2D eigenvalue weighted by molar-refractivity contribution is 5.81. The van der Waals surface area contributed by atoms with Gasteiger partial charge in [-0.1, -0.05) is 75.3 Å². The monoisotopic (exact) mass is 359 g/mol. The summed E-state index contributed by atoms with van der Waals surface area (Å²) in [6.07, 6.45) is 11.4. The zero-order valence-corrected chi connectivity index (χ0v) is 15.5. The van der Waals surface area contributed by atoms with E-state index in [0.29, 0.717) is 13.0 Å². The zero-order chi connectivity index (χ0) is 19.0. The van der Waals surface area contributed by atoms with Gasteiger partial charge >= 0.3 is 12.1 Å². The molecule has 0 bridgehead atoms. The minimum Gasteiger partial charge on any atom is -0.464 e. The number of rotatable bonds is 12. The van der Waals surface area contributed by atoms with E-state index in [0.717, 1.165) is 24.8 Å². The second kappa shape index (κ2) is 13.8. The van der Waals surface area contributed by atoms with Crippen molar-refractivity contribution in [1.82, 2.24) is 5.32 Å². The van der Waals surface area contributed by atoms with Crippen molar-refractivity contribution in [2.24, 2.45) is 0 Å². The van der Waals surface area contributed by atoms with Crippen molar-refractivity contribution in [2.75, 3.05) is 13.2 Å². The Balaban J connectivity index is 2.47. The molecule has 0 spiro atoms. The quantitative estimate of drug-likeness (QED) is 0.350. The van der Waals surface area contributed by atoms with Crippen LogP contribution in [0.15, 0.2) is 30.3 Å². The highest BCUT2D eigenvalue weighted by Gasteiger charge is 2.23. The average molecular weight is 359 g/mol. The number of alkyl carbamates (subject to hydrolysis) is 1. The number of esters is 1. The summed E-state index contributed by atoms with van der Waals surface area (Å²) in [6, 6.07) is 8.63. The second-order valence-corrected chi connectivity index (χ2v) is 6.10. The molecule has 1 aromatic carbocycles. The molecule has 5 nitrogen and oxygen atoms in total. The van der Waals surface area contributed by atoms with E-state index < -0.39 is 18.1 Å². The van der Waals surface area contributed by atoms with Gasteiger partial charge in [0.05, 0.1) is 6.61 Å². The number of nitrogens with one attached hydrogen (secondary N) is 1. The Labute approximate surface area is 156 Å². The molecule has 0 radical (unpaired) electrons. The van der Waals surface area contributed by atoms with Crippen LogP contribution in [0, 0.1) is 12.3 Å². The molecule has 1 N–H and O–H groups in total. The van der Waals surface area contributed by atoms with Crippen LogP contribution in [-0.4, -0.2) is 31.3 Å². The summed E-state index contributed by atoms with van der Waals surface area (Å²) in [4.78, 5) is 24.1. The number of hydrogen-bond donors (Lipinski definition) is 1.